The Balaban J connectivity index is 2.12. The fourth-order valence-electron chi connectivity index (χ4n) is 2.36. The molecule has 1 unspecified atom stereocenters. The normalized spacial score (nSPS) is 19.4. The molecule has 0 spiro atoms. The summed E-state index contributed by atoms with van der Waals surface area (Å²) in [7, 11) is 2.05. The number of hydrogen-bond donors (Lipinski definition) is 2. The number of nitrogens with two attached hydrogens (primary N) is 1. The molecule has 0 aromatic heterocycles. The Morgan fingerprint density at radius 1 is 1.58 bits per heavy atom. The number of likely N-dealkylation sites (tertiary alicyclic amines) is 1. The van der Waals surface area contributed by atoms with Crippen LogP contribution in [0.15, 0.2) is 18.2 Å². The minimum absolute atomic E-state index is 0.115. The third-order valence-electron chi connectivity index (χ3n) is 3.31. The number of para-hydroxylation sites is 1. The lowest BCUT2D eigenvalue weighted by molar-refractivity contribution is 0.0934. The maximum absolute atomic E-state index is 12.3. The molecule has 1 aromatic carbocycles. The zero-order valence-corrected chi connectivity index (χ0v) is 11.5. The first-order chi connectivity index (χ1) is 9.11. The Morgan fingerprint density at radius 3 is 3.00 bits per heavy atom. The molecule has 1 aliphatic heterocycles. The molecule has 0 radical (unpaired) electrons. The highest BCUT2D eigenvalue weighted by Crippen LogP contribution is 2.26. The summed E-state index contributed by atoms with van der Waals surface area (Å²) in [4.78, 5) is 14.5. The number of nitrogens with zero attached hydrogens (tertiary/aromatic N) is 1. The van der Waals surface area contributed by atoms with Gasteiger partial charge in [-0.2, -0.15) is 0 Å². The minimum atomic E-state index is -0.115. The molecule has 1 amide bonds. The summed E-state index contributed by atoms with van der Waals surface area (Å²) < 4.78 is 5.48. The van der Waals surface area contributed by atoms with Gasteiger partial charge in [-0.1, -0.05) is 6.07 Å². The first kappa shape index (κ1) is 13.7. The molecular weight excluding hydrogens is 242 g/mol. The van der Waals surface area contributed by atoms with Gasteiger partial charge in [-0.3, -0.25) is 4.79 Å². The van der Waals surface area contributed by atoms with Crippen LogP contribution in [-0.2, 0) is 0 Å². The monoisotopic (exact) mass is 263 g/mol. The molecule has 1 fully saturated rings. The lowest BCUT2D eigenvalue weighted by Gasteiger charge is -2.16. The molecular formula is C14H21N3O2. The van der Waals surface area contributed by atoms with Gasteiger partial charge >= 0.3 is 0 Å². The van der Waals surface area contributed by atoms with Gasteiger partial charge < -0.3 is 20.7 Å². The molecule has 19 heavy (non-hydrogen) atoms. The maximum Gasteiger partial charge on any atom is 0.255 e. The molecule has 1 atom stereocenters. The van der Waals surface area contributed by atoms with E-state index in [1.165, 1.54) is 0 Å². The van der Waals surface area contributed by atoms with E-state index in [4.69, 9.17) is 10.5 Å². The van der Waals surface area contributed by atoms with E-state index in [2.05, 4.69) is 17.3 Å². The van der Waals surface area contributed by atoms with Crippen LogP contribution >= 0.6 is 0 Å². The average molecular weight is 263 g/mol. The number of nitrogens with one attached hydrogen (secondary N) is 1. The van der Waals surface area contributed by atoms with Gasteiger partial charge in [-0.15, -0.1) is 0 Å². The maximum atomic E-state index is 12.3. The molecule has 0 saturated carbocycles. The van der Waals surface area contributed by atoms with Crippen LogP contribution in [0.1, 0.15) is 23.7 Å². The van der Waals surface area contributed by atoms with E-state index in [0.29, 0.717) is 23.6 Å². The van der Waals surface area contributed by atoms with Crippen LogP contribution in [0.3, 0.4) is 0 Å². The quantitative estimate of drug-likeness (QED) is 0.798. The number of likely N-dealkylation sites (N-methyl/N-ethyl adjacent to an activating group) is 1. The molecule has 1 heterocycles. The lowest BCUT2D eigenvalue weighted by atomic mass is 10.1. The molecule has 0 aliphatic carbocycles. The Kier molecular flexibility index (Phi) is 4.27. The zero-order chi connectivity index (χ0) is 13.8. The first-order valence-electron chi connectivity index (χ1n) is 6.62. The number of rotatable bonds is 4. The largest absolute Gasteiger partial charge is 0.491 e. The predicted molar refractivity (Wildman–Crippen MR) is 75.4 cm³/mol. The van der Waals surface area contributed by atoms with E-state index in [1.54, 1.807) is 18.2 Å². The Bertz CT molecular complexity index is 462. The van der Waals surface area contributed by atoms with E-state index in [-0.39, 0.29) is 11.9 Å². The van der Waals surface area contributed by atoms with Crippen molar-refractivity contribution >= 4 is 11.6 Å². The van der Waals surface area contributed by atoms with Crippen LogP contribution in [0.25, 0.3) is 0 Å². The van der Waals surface area contributed by atoms with E-state index in [9.17, 15) is 4.79 Å². The molecule has 2 rings (SSSR count). The number of amides is 1. The van der Waals surface area contributed by atoms with Gasteiger partial charge in [0, 0.05) is 12.6 Å². The molecule has 104 valence electrons. The van der Waals surface area contributed by atoms with Crippen LogP contribution in [0.4, 0.5) is 5.69 Å². The van der Waals surface area contributed by atoms with Crippen LogP contribution in [0.5, 0.6) is 5.75 Å². The molecule has 0 bridgehead atoms. The summed E-state index contributed by atoms with van der Waals surface area (Å²) in [5.74, 6) is 0.366. The van der Waals surface area contributed by atoms with Gasteiger partial charge in [0.2, 0.25) is 0 Å². The summed E-state index contributed by atoms with van der Waals surface area (Å²) in [5, 5.41) is 3.04. The smallest absolute Gasteiger partial charge is 0.255 e. The van der Waals surface area contributed by atoms with E-state index in [0.717, 1.165) is 19.5 Å². The Hall–Kier alpha value is -1.75. The number of carbonyl (C=O) groups excluding carboxylic acids is 1. The molecule has 5 heteroatoms. The van der Waals surface area contributed by atoms with Crippen molar-refractivity contribution in [2.24, 2.45) is 0 Å². The van der Waals surface area contributed by atoms with Gasteiger partial charge in [-0.05, 0) is 39.1 Å². The van der Waals surface area contributed by atoms with Crippen molar-refractivity contribution in [3.8, 4) is 5.75 Å². The Labute approximate surface area is 113 Å². The van der Waals surface area contributed by atoms with E-state index < -0.39 is 0 Å². The molecule has 1 aromatic rings. The summed E-state index contributed by atoms with van der Waals surface area (Å²) in [6.07, 6.45) is 0.981. The van der Waals surface area contributed by atoms with Gasteiger partial charge in [-0.25, -0.2) is 0 Å². The van der Waals surface area contributed by atoms with Crippen molar-refractivity contribution in [3.05, 3.63) is 23.8 Å². The predicted octanol–water partition coefficient (Wildman–Crippen LogP) is 1.10. The number of benzene rings is 1. The average Bonchev–Trinajstić information content (AvgIpc) is 2.77. The number of ether oxygens (including phenoxy) is 1. The topological polar surface area (TPSA) is 67.6 Å². The highest BCUT2D eigenvalue weighted by molar-refractivity contribution is 5.98. The highest BCUT2D eigenvalue weighted by Gasteiger charge is 2.23. The minimum Gasteiger partial charge on any atom is -0.491 e. The van der Waals surface area contributed by atoms with Crippen LogP contribution in [0, 0.1) is 0 Å². The third kappa shape index (κ3) is 3.17. The van der Waals surface area contributed by atoms with E-state index >= 15 is 0 Å². The van der Waals surface area contributed by atoms with Crippen molar-refractivity contribution in [1.29, 1.82) is 0 Å². The standard InChI is InChI=1S/C14H21N3O2/c1-3-19-13-11(5-4-6-12(13)15)14(18)16-10-7-8-17(2)9-10/h4-6,10H,3,7-9,15H2,1-2H3,(H,16,18). The van der Waals surface area contributed by atoms with Crippen LogP contribution in [0.2, 0.25) is 0 Å². The van der Waals surface area contributed by atoms with Crippen LogP contribution < -0.4 is 15.8 Å². The summed E-state index contributed by atoms with van der Waals surface area (Å²) in [6, 6.07) is 5.46. The number of carbonyl (C=O) groups is 1. The second-order valence-electron chi connectivity index (χ2n) is 4.88. The van der Waals surface area contributed by atoms with Crippen molar-refractivity contribution in [2.75, 3.05) is 32.5 Å². The summed E-state index contributed by atoms with van der Waals surface area (Å²) in [5.41, 5.74) is 6.87. The van der Waals surface area contributed by atoms with Crippen molar-refractivity contribution in [2.45, 2.75) is 19.4 Å². The van der Waals surface area contributed by atoms with Gasteiger partial charge in [0.1, 0.15) is 0 Å². The van der Waals surface area contributed by atoms with Crippen molar-refractivity contribution in [3.63, 3.8) is 0 Å². The third-order valence-corrected chi connectivity index (χ3v) is 3.31. The summed E-state index contributed by atoms with van der Waals surface area (Å²) >= 11 is 0. The van der Waals surface area contributed by atoms with Crippen LogP contribution in [-0.4, -0.2) is 43.6 Å². The van der Waals surface area contributed by atoms with Crippen molar-refractivity contribution in [1.82, 2.24) is 10.2 Å². The molecule has 1 aliphatic rings. The lowest BCUT2D eigenvalue weighted by Crippen LogP contribution is -2.36. The van der Waals surface area contributed by atoms with Crippen molar-refractivity contribution < 1.29 is 9.53 Å². The highest BCUT2D eigenvalue weighted by atomic mass is 16.5. The van der Waals surface area contributed by atoms with E-state index in [1.807, 2.05) is 6.92 Å². The number of nitrogen functional groups attached to an aromatic ring is 1. The number of hydrogen-bond acceptors (Lipinski definition) is 4. The zero-order valence-electron chi connectivity index (χ0n) is 11.5. The summed E-state index contributed by atoms with van der Waals surface area (Å²) in [6.45, 7) is 4.26. The second kappa shape index (κ2) is 5.93. The van der Waals surface area contributed by atoms with Gasteiger partial charge in [0.25, 0.3) is 5.91 Å². The number of anilines is 1. The Morgan fingerprint density at radius 2 is 2.37 bits per heavy atom. The van der Waals surface area contributed by atoms with Gasteiger partial charge in [0.05, 0.1) is 17.9 Å². The van der Waals surface area contributed by atoms with Gasteiger partial charge in [0.15, 0.2) is 5.75 Å². The molecule has 3 N–H and O–H groups in total. The SMILES string of the molecule is CCOc1c(N)cccc1C(=O)NC1CCN(C)C1. The molecule has 1 saturated heterocycles. The fraction of sp³-hybridized carbons (Fsp3) is 0.500. The fourth-order valence-corrected chi connectivity index (χ4v) is 2.36. The second-order valence-corrected chi connectivity index (χ2v) is 4.88. The first-order valence-corrected chi connectivity index (χ1v) is 6.62. The molecule has 5 nitrogen and oxygen atoms in total.